The van der Waals surface area contributed by atoms with Crippen LogP contribution < -0.4 is 11.1 Å². The van der Waals surface area contributed by atoms with E-state index in [4.69, 9.17) is 12.2 Å². The lowest BCUT2D eigenvalue weighted by atomic mass is 10.1. The molecule has 0 aliphatic rings. The molecule has 0 radical (unpaired) electrons. The minimum atomic E-state index is -0.420. The maximum atomic E-state index is 11.1. The second kappa shape index (κ2) is 5.74. The van der Waals surface area contributed by atoms with Crippen molar-refractivity contribution in [2.45, 2.75) is 6.54 Å². The van der Waals surface area contributed by atoms with Crippen molar-refractivity contribution in [2.24, 2.45) is 5.73 Å². The molecule has 94 valence electrons. The molecule has 0 aliphatic carbocycles. The Labute approximate surface area is 112 Å². The molecule has 0 aromatic heterocycles. The van der Waals surface area contributed by atoms with Crippen molar-refractivity contribution in [1.82, 2.24) is 0 Å². The molecule has 2 aromatic rings. The van der Waals surface area contributed by atoms with Gasteiger partial charge in [0, 0.05) is 23.4 Å². The first kappa shape index (κ1) is 12.7. The van der Waals surface area contributed by atoms with E-state index in [0.717, 1.165) is 16.8 Å². The van der Waals surface area contributed by atoms with Crippen molar-refractivity contribution in [2.75, 3.05) is 5.32 Å². The standard InChI is InChI=1S/C16H14N2O/c1-2-12-5-4-8-15(10-12)18-11-13-6-3-7-14(9-13)16(17)19/h1,3-10,18H,11H2,(H2,17,19). The number of primary amides is 1. The lowest BCUT2D eigenvalue weighted by Gasteiger charge is -2.07. The van der Waals surface area contributed by atoms with Gasteiger partial charge < -0.3 is 11.1 Å². The number of nitrogens with one attached hydrogen (secondary N) is 1. The molecule has 0 heterocycles. The van der Waals surface area contributed by atoms with Crippen LogP contribution in [0.5, 0.6) is 0 Å². The number of anilines is 1. The van der Waals surface area contributed by atoms with Crippen LogP contribution in [0.2, 0.25) is 0 Å². The fraction of sp³-hybridized carbons (Fsp3) is 0.0625. The third-order valence-corrected chi connectivity index (χ3v) is 2.74. The first-order valence-corrected chi connectivity index (χ1v) is 5.88. The molecule has 0 spiro atoms. The molecule has 2 aromatic carbocycles. The summed E-state index contributed by atoms with van der Waals surface area (Å²) >= 11 is 0. The van der Waals surface area contributed by atoms with Crippen molar-refractivity contribution in [3.8, 4) is 12.3 Å². The second-order valence-electron chi connectivity index (χ2n) is 4.14. The number of amides is 1. The normalized spacial score (nSPS) is 9.63. The number of carbonyl (C=O) groups excluding carboxylic acids is 1. The monoisotopic (exact) mass is 250 g/mol. The Morgan fingerprint density at radius 2 is 2.00 bits per heavy atom. The van der Waals surface area contributed by atoms with Gasteiger partial charge in [-0.2, -0.15) is 0 Å². The fourth-order valence-electron chi connectivity index (χ4n) is 1.76. The van der Waals surface area contributed by atoms with Crippen LogP contribution >= 0.6 is 0 Å². The van der Waals surface area contributed by atoms with Crippen LogP contribution in [-0.4, -0.2) is 5.91 Å². The van der Waals surface area contributed by atoms with Crippen molar-refractivity contribution in [1.29, 1.82) is 0 Å². The average molecular weight is 250 g/mol. The predicted octanol–water partition coefficient (Wildman–Crippen LogP) is 2.38. The van der Waals surface area contributed by atoms with Crippen molar-refractivity contribution < 1.29 is 4.79 Å². The maximum absolute atomic E-state index is 11.1. The molecule has 0 atom stereocenters. The minimum Gasteiger partial charge on any atom is -0.381 e. The Kier molecular flexibility index (Phi) is 3.84. The first-order valence-electron chi connectivity index (χ1n) is 5.88. The molecule has 0 bridgehead atoms. The number of benzene rings is 2. The number of hydrogen-bond donors (Lipinski definition) is 2. The number of rotatable bonds is 4. The number of terminal acetylenes is 1. The van der Waals surface area contributed by atoms with Crippen molar-refractivity contribution in [3.05, 3.63) is 65.2 Å². The summed E-state index contributed by atoms with van der Waals surface area (Å²) in [5.74, 6) is 2.17. The minimum absolute atomic E-state index is 0.420. The van der Waals surface area contributed by atoms with Crippen molar-refractivity contribution in [3.63, 3.8) is 0 Å². The molecule has 0 saturated heterocycles. The number of hydrogen-bond acceptors (Lipinski definition) is 2. The fourth-order valence-corrected chi connectivity index (χ4v) is 1.76. The zero-order valence-corrected chi connectivity index (χ0v) is 10.4. The SMILES string of the molecule is C#Cc1cccc(NCc2cccc(C(N)=O)c2)c1. The highest BCUT2D eigenvalue weighted by Crippen LogP contribution is 2.12. The summed E-state index contributed by atoms with van der Waals surface area (Å²) in [7, 11) is 0. The lowest BCUT2D eigenvalue weighted by Crippen LogP contribution is -2.11. The van der Waals surface area contributed by atoms with Crippen LogP contribution in [-0.2, 0) is 6.54 Å². The molecular weight excluding hydrogens is 236 g/mol. The van der Waals surface area contributed by atoms with Crippen LogP contribution in [0.4, 0.5) is 5.69 Å². The Morgan fingerprint density at radius 1 is 1.21 bits per heavy atom. The summed E-state index contributed by atoms with van der Waals surface area (Å²) in [5, 5.41) is 3.25. The number of nitrogens with two attached hydrogens (primary N) is 1. The topological polar surface area (TPSA) is 55.1 Å². The highest BCUT2D eigenvalue weighted by atomic mass is 16.1. The van der Waals surface area contributed by atoms with Gasteiger partial charge in [-0.25, -0.2) is 0 Å². The lowest BCUT2D eigenvalue weighted by molar-refractivity contribution is 0.1000. The van der Waals surface area contributed by atoms with Gasteiger partial charge in [-0.3, -0.25) is 4.79 Å². The average Bonchev–Trinajstić information content (AvgIpc) is 2.45. The van der Waals surface area contributed by atoms with E-state index in [9.17, 15) is 4.79 Å². The van der Waals surface area contributed by atoms with Gasteiger partial charge >= 0.3 is 0 Å². The van der Waals surface area contributed by atoms with Gasteiger partial charge in [0.25, 0.3) is 0 Å². The highest BCUT2D eigenvalue weighted by molar-refractivity contribution is 5.92. The summed E-state index contributed by atoms with van der Waals surface area (Å²) in [6.07, 6.45) is 5.35. The molecule has 3 N–H and O–H groups in total. The maximum Gasteiger partial charge on any atom is 0.248 e. The largest absolute Gasteiger partial charge is 0.381 e. The molecule has 3 nitrogen and oxygen atoms in total. The third kappa shape index (κ3) is 3.36. The smallest absolute Gasteiger partial charge is 0.248 e. The Morgan fingerprint density at radius 3 is 2.74 bits per heavy atom. The van der Waals surface area contributed by atoms with Crippen LogP contribution in [0.15, 0.2) is 48.5 Å². The van der Waals surface area contributed by atoms with E-state index in [2.05, 4.69) is 11.2 Å². The predicted molar refractivity (Wildman–Crippen MR) is 76.7 cm³/mol. The van der Waals surface area contributed by atoms with E-state index in [1.807, 2.05) is 36.4 Å². The Hall–Kier alpha value is -2.73. The van der Waals surface area contributed by atoms with Crippen LogP contribution in [0.25, 0.3) is 0 Å². The molecule has 2 rings (SSSR count). The molecule has 0 aliphatic heterocycles. The molecule has 0 unspecified atom stereocenters. The molecule has 19 heavy (non-hydrogen) atoms. The van der Waals surface area contributed by atoms with Gasteiger partial charge in [-0.1, -0.05) is 24.1 Å². The summed E-state index contributed by atoms with van der Waals surface area (Å²) in [4.78, 5) is 11.1. The van der Waals surface area contributed by atoms with Crippen LogP contribution in [0.1, 0.15) is 21.5 Å². The third-order valence-electron chi connectivity index (χ3n) is 2.74. The van der Waals surface area contributed by atoms with Crippen LogP contribution in [0.3, 0.4) is 0 Å². The summed E-state index contributed by atoms with van der Waals surface area (Å²) in [6.45, 7) is 0.606. The summed E-state index contributed by atoms with van der Waals surface area (Å²) in [6, 6.07) is 14.8. The zero-order chi connectivity index (χ0) is 13.7. The molecular formula is C16H14N2O. The van der Waals surface area contributed by atoms with E-state index < -0.39 is 5.91 Å². The van der Waals surface area contributed by atoms with Crippen LogP contribution in [0, 0.1) is 12.3 Å². The highest BCUT2D eigenvalue weighted by Gasteiger charge is 2.01. The van der Waals surface area contributed by atoms with Gasteiger partial charge in [0.05, 0.1) is 0 Å². The first-order chi connectivity index (χ1) is 9.19. The van der Waals surface area contributed by atoms with E-state index in [0.29, 0.717) is 12.1 Å². The van der Waals surface area contributed by atoms with E-state index >= 15 is 0 Å². The van der Waals surface area contributed by atoms with Gasteiger partial charge in [0.15, 0.2) is 0 Å². The molecule has 1 amide bonds. The van der Waals surface area contributed by atoms with Gasteiger partial charge in [0.2, 0.25) is 5.91 Å². The van der Waals surface area contributed by atoms with E-state index in [1.54, 1.807) is 12.1 Å². The molecule has 0 fully saturated rings. The van der Waals surface area contributed by atoms with Gasteiger partial charge in [-0.05, 0) is 35.9 Å². The quantitative estimate of drug-likeness (QED) is 0.818. The Bertz CT molecular complexity index is 641. The number of carbonyl (C=O) groups is 1. The molecule has 0 saturated carbocycles. The van der Waals surface area contributed by atoms with Gasteiger partial charge in [-0.15, -0.1) is 6.42 Å². The van der Waals surface area contributed by atoms with E-state index in [-0.39, 0.29) is 0 Å². The zero-order valence-electron chi connectivity index (χ0n) is 10.4. The van der Waals surface area contributed by atoms with Crippen molar-refractivity contribution >= 4 is 11.6 Å². The molecule has 3 heteroatoms. The summed E-state index contributed by atoms with van der Waals surface area (Å²) < 4.78 is 0. The van der Waals surface area contributed by atoms with E-state index in [1.165, 1.54) is 0 Å². The second-order valence-corrected chi connectivity index (χ2v) is 4.14. The Balaban J connectivity index is 2.08. The summed E-state index contributed by atoms with van der Waals surface area (Å²) in [5.41, 5.74) is 8.52. The van der Waals surface area contributed by atoms with Gasteiger partial charge in [0.1, 0.15) is 0 Å².